The lowest BCUT2D eigenvalue weighted by molar-refractivity contribution is -0.117. The van der Waals surface area contributed by atoms with E-state index < -0.39 is 0 Å². The SMILES string of the molecule is CCCNC(=O)c1ccccc1NC(=O)C(C)NC. The average Bonchev–Trinajstić information content (AvgIpc) is 2.44. The zero-order chi connectivity index (χ0) is 14.3. The van der Waals surface area contributed by atoms with Crippen LogP contribution in [-0.4, -0.2) is 31.4 Å². The molecule has 19 heavy (non-hydrogen) atoms. The second kappa shape index (κ2) is 7.53. The van der Waals surface area contributed by atoms with E-state index in [9.17, 15) is 9.59 Å². The number of likely N-dealkylation sites (N-methyl/N-ethyl adjacent to an activating group) is 1. The van der Waals surface area contributed by atoms with Gasteiger partial charge in [-0.2, -0.15) is 0 Å². The van der Waals surface area contributed by atoms with Crippen molar-refractivity contribution in [3.8, 4) is 0 Å². The lowest BCUT2D eigenvalue weighted by Gasteiger charge is -2.14. The number of nitrogens with one attached hydrogen (secondary N) is 3. The molecule has 0 aliphatic rings. The summed E-state index contributed by atoms with van der Waals surface area (Å²) in [5.41, 5.74) is 1.01. The fourth-order valence-corrected chi connectivity index (χ4v) is 1.50. The minimum Gasteiger partial charge on any atom is -0.352 e. The van der Waals surface area contributed by atoms with Crippen LogP contribution in [0.2, 0.25) is 0 Å². The number of anilines is 1. The highest BCUT2D eigenvalue weighted by molar-refractivity contribution is 6.04. The van der Waals surface area contributed by atoms with Crippen molar-refractivity contribution in [2.45, 2.75) is 26.3 Å². The number of hydrogen-bond donors (Lipinski definition) is 3. The van der Waals surface area contributed by atoms with Crippen molar-refractivity contribution in [3.63, 3.8) is 0 Å². The standard InChI is InChI=1S/C14H21N3O2/c1-4-9-16-14(19)11-7-5-6-8-12(11)17-13(18)10(2)15-3/h5-8,10,15H,4,9H2,1-3H3,(H,16,19)(H,17,18). The van der Waals surface area contributed by atoms with Crippen LogP contribution >= 0.6 is 0 Å². The first-order chi connectivity index (χ1) is 9.10. The van der Waals surface area contributed by atoms with Gasteiger partial charge in [0.1, 0.15) is 0 Å². The molecule has 5 nitrogen and oxygen atoms in total. The predicted octanol–water partition coefficient (Wildman–Crippen LogP) is 1.37. The number of para-hydroxylation sites is 1. The van der Waals surface area contributed by atoms with Crippen molar-refractivity contribution in [1.29, 1.82) is 0 Å². The molecule has 1 aromatic carbocycles. The Hall–Kier alpha value is -1.88. The van der Waals surface area contributed by atoms with E-state index in [0.29, 0.717) is 17.8 Å². The molecular weight excluding hydrogens is 242 g/mol. The van der Waals surface area contributed by atoms with Gasteiger partial charge >= 0.3 is 0 Å². The minimum absolute atomic E-state index is 0.168. The Morgan fingerprint density at radius 2 is 1.95 bits per heavy atom. The number of amides is 2. The van der Waals surface area contributed by atoms with E-state index in [1.807, 2.05) is 6.92 Å². The highest BCUT2D eigenvalue weighted by Gasteiger charge is 2.15. The lowest BCUT2D eigenvalue weighted by atomic mass is 10.1. The van der Waals surface area contributed by atoms with Crippen LogP contribution in [0, 0.1) is 0 Å². The van der Waals surface area contributed by atoms with Gasteiger partial charge in [0.05, 0.1) is 17.3 Å². The molecule has 0 saturated carbocycles. The molecule has 0 heterocycles. The average molecular weight is 263 g/mol. The van der Waals surface area contributed by atoms with E-state index >= 15 is 0 Å². The van der Waals surface area contributed by atoms with Crippen molar-refractivity contribution in [1.82, 2.24) is 10.6 Å². The smallest absolute Gasteiger partial charge is 0.253 e. The van der Waals surface area contributed by atoms with Crippen molar-refractivity contribution in [3.05, 3.63) is 29.8 Å². The number of carbonyl (C=O) groups excluding carboxylic acids is 2. The molecule has 1 unspecified atom stereocenters. The molecule has 1 aromatic rings. The number of rotatable bonds is 6. The first kappa shape index (κ1) is 15.2. The molecule has 0 bridgehead atoms. The van der Waals surface area contributed by atoms with Gasteiger partial charge in [0.15, 0.2) is 0 Å². The second-order valence-electron chi connectivity index (χ2n) is 4.30. The minimum atomic E-state index is -0.313. The molecule has 0 fully saturated rings. The van der Waals surface area contributed by atoms with Gasteiger partial charge in [-0.25, -0.2) is 0 Å². The number of hydrogen-bond acceptors (Lipinski definition) is 3. The third kappa shape index (κ3) is 4.37. The molecule has 0 aromatic heterocycles. The summed E-state index contributed by atoms with van der Waals surface area (Å²) >= 11 is 0. The largest absolute Gasteiger partial charge is 0.352 e. The fraction of sp³-hybridized carbons (Fsp3) is 0.429. The molecule has 0 saturated heterocycles. The lowest BCUT2D eigenvalue weighted by Crippen LogP contribution is -2.36. The normalized spacial score (nSPS) is 11.7. The fourth-order valence-electron chi connectivity index (χ4n) is 1.50. The van der Waals surface area contributed by atoms with Crippen LogP contribution in [0.5, 0.6) is 0 Å². The number of carbonyl (C=O) groups is 2. The quantitative estimate of drug-likeness (QED) is 0.726. The third-order valence-corrected chi connectivity index (χ3v) is 2.79. The van der Waals surface area contributed by atoms with Crippen LogP contribution in [-0.2, 0) is 4.79 Å². The van der Waals surface area contributed by atoms with Gasteiger partial charge in [0.2, 0.25) is 5.91 Å². The van der Waals surface area contributed by atoms with Crippen LogP contribution in [0.3, 0.4) is 0 Å². The predicted molar refractivity (Wildman–Crippen MR) is 76.2 cm³/mol. The van der Waals surface area contributed by atoms with Crippen LogP contribution in [0.15, 0.2) is 24.3 Å². The van der Waals surface area contributed by atoms with Gasteiger partial charge in [-0.05, 0) is 32.5 Å². The highest BCUT2D eigenvalue weighted by Crippen LogP contribution is 2.15. The molecular formula is C14H21N3O2. The van der Waals surface area contributed by atoms with E-state index in [2.05, 4.69) is 16.0 Å². The summed E-state index contributed by atoms with van der Waals surface area (Å²) in [7, 11) is 1.71. The maximum Gasteiger partial charge on any atom is 0.253 e. The summed E-state index contributed by atoms with van der Waals surface area (Å²) < 4.78 is 0. The molecule has 104 valence electrons. The Balaban J connectivity index is 2.84. The van der Waals surface area contributed by atoms with Crippen molar-refractivity contribution in [2.75, 3.05) is 18.9 Å². The monoisotopic (exact) mass is 263 g/mol. The van der Waals surface area contributed by atoms with Crippen molar-refractivity contribution < 1.29 is 9.59 Å². The molecule has 3 N–H and O–H groups in total. The van der Waals surface area contributed by atoms with Crippen LogP contribution in [0.25, 0.3) is 0 Å². The van der Waals surface area contributed by atoms with Crippen LogP contribution in [0.4, 0.5) is 5.69 Å². The topological polar surface area (TPSA) is 70.2 Å². The van der Waals surface area contributed by atoms with Gasteiger partial charge < -0.3 is 16.0 Å². The maximum absolute atomic E-state index is 12.0. The van der Waals surface area contributed by atoms with Crippen LogP contribution < -0.4 is 16.0 Å². The van der Waals surface area contributed by atoms with E-state index in [4.69, 9.17) is 0 Å². The van der Waals surface area contributed by atoms with Gasteiger partial charge in [-0.15, -0.1) is 0 Å². The summed E-state index contributed by atoms with van der Waals surface area (Å²) in [6.07, 6.45) is 0.872. The maximum atomic E-state index is 12.0. The molecule has 0 radical (unpaired) electrons. The van der Waals surface area contributed by atoms with E-state index in [-0.39, 0.29) is 17.9 Å². The zero-order valence-corrected chi connectivity index (χ0v) is 11.6. The summed E-state index contributed by atoms with van der Waals surface area (Å²) in [5, 5.41) is 8.41. The first-order valence-corrected chi connectivity index (χ1v) is 6.45. The van der Waals surface area contributed by atoms with Gasteiger partial charge in [-0.1, -0.05) is 19.1 Å². The molecule has 1 atom stereocenters. The summed E-state index contributed by atoms with van der Waals surface area (Å²) in [6.45, 7) is 4.37. The Morgan fingerprint density at radius 1 is 1.26 bits per heavy atom. The van der Waals surface area contributed by atoms with Crippen molar-refractivity contribution in [2.24, 2.45) is 0 Å². The summed E-state index contributed by atoms with van der Waals surface area (Å²) in [4.78, 5) is 23.8. The Bertz CT molecular complexity index is 446. The molecule has 5 heteroatoms. The van der Waals surface area contributed by atoms with Gasteiger partial charge in [0.25, 0.3) is 5.91 Å². The Kier molecular flexibility index (Phi) is 6.02. The third-order valence-electron chi connectivity index (χ3n) is 2.79. The Morgan fingerprint density at radius 3 is 2.58 bits per heavy atom. The van der Waals surface area contributed by atoms with E-state index in [1.165, 1.54) is 0 Å². The van der Waals surface area contributed by atoms with Crippen LogP contribution in [0.1, 0.15) is 30.6 Å². The molecule has 0 aliphatic heterocycles. The molecule has 1 rings (SSSR count). The van der Waals surface area contributed by atoms with Gasteiger partial charge in [0, 0.05) is 6.54 Å². The van der Waals surface area contributed by atoms with E-state index in [1.54, 1.807) is 38.2 Å². The molecule has 0 aliphatic carbocycles. The summed E-state index contributed by atoms with van der Waals surface area (Å²) in [5.74, 6) is -0.340. The zero-order valence-electron chi connectivity index (χ0n) is 11.6. The number of benzene rings is 1. The van der Waals surface area contributed by atoms with Crippen molar-refractivity contribution >= 4 is 17.5 Å². The first-order valence-electron chi connectivity index (χ1n) is 6.45. The molecule has 2 amide bonds. The van der Waals surface area contributed by atoms with Gasteiger partial charge in [-0.3, -0.25) is 9.59 Å². The summed E-state index contributed by atoms with van der Waals surface area (Å²) in [6, 6.07) is 6.67. The highest BCUT2D eigenvalue weighted by atomic mass is 16.2. The van der Waals surface area contributed by atoms with E-state index in [0.717, 1.165) is 6.42 Å². The second-order valence-corrected chi connectivity index (χ2v) is 4.30. The molecule has 0 spiro atoms. The Labute approximate surface area is 113 Å².